The summed E-state index contributed by atoms with van der Waals surface area (Å²) in [6.07, 6.45) is 0. The molecule has 0 spiro atoms. The molecule has 1 aromatic rings. The summed E-state index contributed by atoms with van der Waals surface area (Å²) in [6, 6.07) is 1.38. The molecule has 0 saturated carbocycles. The van der Waals surface area contributed by atoms with E-state index in [2.05, 4.69) is 0 Å². The predicted octanol–water partition coefficient (Wildman–Crippen LogP) is 1.68. The van der Waals surface area contributed by atoms with E-state index in [4.69, 9.17) is 5.73 Å². The third kappa shape index (κ3) is 1.75. The second-order valence-electron chi connectivity index (χ2n) is 2.26. The van der Waals surface area contributed by atoms with Gasteiger partial charge in [0.05, 0.1) is 4.92 Å². The first-order valence-electron chi connectivity index (χ1n) is 3.09. The van der Waals surface area contributed by atoms with Crippen LogP contribution in [0.5, 0.6) is 0 Å². The zero-order chi connectivity index (χ0) is 8.43. The molecule has 1 heterocycles. The predicted molar refractivity (Wildman–Crippen MR) is 43.6 cm³/mol. The molecule has 0 aromatic carbocycles. The molecule has 0 aliphatic heterocycles. The Morgan fingerprint density at radius 1 is 1.82 bits per heavy atom. The number of hydrogen-bond acceptors (Lipinski definition) is 4. The van der Waals surface area contributed by atoms with Crippen LogP contribution in [-0.4, -0.2) is 4.92 Å². The molecule has 0 saturated heterocycles. The van der Waals surface area contributed by atoms with E-state index in [-0.39, 0.29) is 11.0 Å². The Hall–Kier alpha value is -0.940. The van der Waals surface area contributed by atoms with Crippen LogP contribution in [0.25, 0.3) is 0 Å². The van der Waals surface area contributed by atoms with E-state index in [1.165, 1.54) is 6.07 Å². The minimum Gasteiger partial charge on any atom is -0.324 e. The summed E-state index contributed by atoms with van der Waals surface area (Å²) >= 11 is 1.11. The second kappa shape index (κ2) is 2.98. The Morgan fingerprint density at radius 3 is 2.73 bits per heavy atom. The first-order chi connectivity index (χ1) is 5.11. The van der Waals surface area contributed by atoms with Gasteiger partial charge in [0.25, 0.3) is 0 Å². The van der Waals surface area contributed by atoms with Crippen molar-refractivity contribution in [3.05, 3.63) is 27.1 Å². The molecule has 0 fully saturated rings. The van der Waals surface area contributed by atoms with Crippen molar-refractivity contribution in [2.75, 3.05) is 0 Å². The molecule has 1 rings (SSSR count). The van der Waals surface area contributed by atoms with Crippen LogP contribution in [0.15, 0.2) is 11.4 Å². The first kappa shape index (κ1) is 8.16. The Balaban J connectivity index is 2.90. The van der Waals surface area contributed by atoms with E-state index < -0.39 is 4.92 Å². The van der Waals surface area contributed by atoms with Gasteiger partial charge in [-0.25, -0.2) is 0 Å². The zero-order valence-corrected chi connectivity index (χ0v) is 6.80. The van der Waals surface area contributed by atoms with Gasteiger partial charge in [0.15, 0.2) is 0 Å². The van der Waals surface area contributed by atoms with Crippen molar-refractivity contribution in [1.82, 2.24) is 0 Å². The molecule has 2 N–H and O–H groups in total. The number of rotatable bonds is 2. The molecule has 5 heteroatoms. The van der Waals surface area contributed by atoms with Crippen molar-refractivity contribution < 1.29 is 4.92 Å². The Kier molecular flexibility index (Phi) is 2.21. The molecule has 4 nitrogen and oxygen atoms in total. The molecule has 11 heavy (non-hydrogen) atoms. The van der Waals surface area contributed by atoms with Gasteiger partial charge in [0.2, 0.25) is 0 Å². The standard InChI is InChI=1S/C6H8N2O2S/c1-4(7)5-2-6(8(9)10)11-3-5/h2-4H,7H2,1H3/t4-/m0/s1. The highest BCUT2D eigenvalue weighted by Gasteiger charge is 2.10. The lowest BCUT2D eigenvalue weighted by molar-refractivity contribution is -0.380. The van der Waals surface area contributed by atoms with Crippen LogP contribution in [0.4, 0.5) is 5.00 Å². The fourth-order valence-electron chi connectivity index (χ4n) is 0.674. The first-order valence-corrected chi connectivity index (χ1v) is 3.97. The summed E-state index contributed by atoms with van der Waals surface area (Å²) in [5.74, 6) is 0. The number of nitrogens with two attached hydrogens (primary N) is 1. The number of nitrogens with zero attached hydrogens (tertiary/aromatic N) is 1. The zero-order valence-electron chi connectivity index (χ0n) is 5.98. The summed E-state index contributed by atoms with van der Waals surface area (Å²) in [4.78, 5) is 9.81. The van der Waals surface area contributed by atoms with Gasteiger partial charge in [-0.1, -0.05) is 11.3 Å². The molecule has 1 atom stereocenters. The molecular weight excluding hydrogens is 164 g/mol. The maximum atomic E-state index is 10.2. The average molecular weight is 172 g/mol. The fraction of sp³-hybridized carbons (Fsp3) is 0.333. The van der Waals surface area contributed by atoms with Crippen molar-refractivity contribution >= 4 is 16.3 Å². The van der Waals surface area contributed by atoms with E-state index in [1.54, 1.807) is 12.3 Å². The van der Waals surface area contributed by atoms with Crippen molar-refractivity contribution in [2.45, 2.75) is 13.0 Å². The van der Waals surface area contributed by atoms with Crippen LogP contribution >= 0.6 is 11.3 Å². The smallest absolute Gasteiger partial charge is 0.324 e. The number of hydrogen-bond donors (Lipinski definition) is 1. The van der Waals surface area contributed by atoms with Crippen molar-refractivity contribution in [3.63, 3.8) is 0 Å². The van der Waals surface area contributed by atoms with E-state index in [1.807, 2.05) is 0 Å². The molecule has 0 unspecified atom stereocenters. The summed E-state index contributed by atoms with van der Waals surface area (Å²) < 4.78 is 0. The van der Waals surface area contributed by atoms with Crippen LogP contribution in [0, 0.1) is 10.1 Å². The molecule has 0 amide bonds. The summed E-state index contributed by atoms with van der Waals surface area (Å²) in [6.45, 7) is 1.80. The highest BCUT2D eigenvalue weighted by atomic mass is 32.1. The third-order valence-corrected chi connectivity index (χ3v) is 2.21. The van der Waals surface area contributed by atoms with Crippen molar-refractivity contribution in [3.8, 4) is 0 Å². The third-order valence-electron chi connectivity index (χ3n) is 1.31. The van der Waals surface area contributed by atoms with E-state index >= 15 is 0 Å². The fourth-order valence-corrected chi connectivity index (χ4v) is 1.50. The summed E-state index contributed by atoms with van der Waals surface area (Å²) in [5, 5.41) is 12.1. The van der Waals surface area contributed by atoms with Gasteiger partial charge in [-0.3, -0.25) is 10.1 Å². The van der Waals surface area contributed by atoms with Gasteiger partial charge in [-0.2, -0.15) is 0 Å². The van der Waals surface area contributed by atoms with Crippen LogP contribution < -0.4 is 5.73 Å². The molecule has 0 bridgehead atoms. The SMILES string of the molecule is C[C@H](N)c1csc([N+](=O)[O-])c1. The van der Waals surface area contributed by atoms with Gasteiger partial charge in [0, 0.05) is 17.5 Å². The average Bonchev–Trinajstić information content (AvgIpc) is 2.33. The lowest BCUT2D eigenvalue weighted by Crippen LogP contribution is -2.02. The molecular formula is C6H8N2O2S. The highest BCUT2D eigenvalue weighted by molar-refractivity contribution is 7.13. The van der Waals surface area contributed by atoms with Gasteiger partial charge < -0.3 is 5.73 Å². The lowest BCUT2D eigenvalue weighted by Gasteiger charge is -1.96. The van der Waals surface area contributed by atoms with Gasteiger partial charge in [-0.05, 0) is 12.5 Å². The quantitative estimate of drug-likeness (QED) is 0.545. The van der Waals surface area contributed by atoms with E-state index in [0.717, 1.165) is 16.9 Å². The second-order valence-corrected chi connectivity index (χ2v) is 3.15. The Bertz CT molecular complexity index is 269. The van der Waals surface area contributed by atoms with Crippen LogP contribution in [0.2, 0.25) is 0 Å². The normalized spacial score (nSPS) is 12.9. The molecule has 0 radical (unpaired) electrons. The number of nitro groups is 1. The van der Waals surface area contributed by atoms with Crippen molar-refractivity contribution in [2.24, 2.45) is 5.73 Å². The van der Waals surface area contributed by atoms with Crippen LogP contribution in [0.1, 0.15) is 18.5 Å². The minimum absolute atomic E-state index is 0.125. The minimum atomic E-state index is -0.406. The molecule has 0 aliphatic rings. The molecule has 1 aromatic heterocycles. The summed E-state index contributed by atoms with van der Waals surface area (Å²) in [5.41, 5.74) is 6.33. The molecule has 60 valence electrons. The van der Waals surface area contributed by atoms with Crippen LogP contribution in [-0.2, 0) is 0 Å². The Labute approximate surface area is 67.8 Å². The monoisotopic (exact) mass is 172 g/mol. The van der Waals surface area contributed by atoms with E-state index in [9.17, 15) is 10.1 Å². The highest BCUT2D eigenvalue weighted by Crippen LogP contribution is 2.25. The summed E-state index contributed by atoms with van der Waals surface area (Å²) in [7, 11) is 0. The molecule has 0 aliphatic carbocycles. The maximum absolute atomic E-state index is 10.2. The van der Waals surface area contributed by atoms with Gasteiger partial charge in [0.1, 0.15) is 0 Å². The van der Waals surface area contributed by atoms with Crippen molar-refractivity contribution in [1.29, 1.82) is 0 Å². The van der Waals surface area contributed by atoms with E-state index in [0.29, 0.717) is 0 Å². The maximum Gasteiger partial charge on any atom is 0.324 e. The topological polar surface area (TPSA) is 69.2 Å². The van der Waals surface area contributed by atoms with Gasteiger partial charge in [-0.15, -0.1) is 0 Å². The largest absolute Gasteiger partial charge is 0.324 e. The lowest BCUT2D eigenvalue weighted by atomic mass is 10.2. The van der Waals surface area contributed by atoms with Gasteiger partial charge >= 0.3 is 5.00 Å². The van der Waals surface area contributed by atoms with Crippen LogP contribution in [0.3, 0.4) is 0 Å². The number of thiophene rings is 1. The Morgan fingerprint density at radius 2 is 2.45 bits per heavy atom.